The zero-order chi connectivity index (χ0) is 15.8. The minimum Gasteiger partial charge on any atom is -0.276 e. The first-order valence-electron chi connectivity index (χ1n) is 6.28. The van der Waals surface area contributed by atoms with Crippen molar-refractivity contribution in [2.75, 3.05) is 4.72 Å². The molecule has 0 radical (unpaired) electrons. The normalized spacial score (nSPS) is 11.7. The summed E-state index contributed by atoms with van der Waals surface area (Å²) in [5, 5.41) is 4.17. The van der Waals surface area contributed by atoms with Crippen LogP contribution in [0.25, 0.3) is 0 Å². The first kappa shape index (κ1) is 15.4. The van der Waals surface area contributed by atoms with Crippen molar-refractivity contribution in [3.8, 4) is 0 Å². The fourth-order valence-electron chi connectivity index (χ4n) is 2.02. The van der Waals surface area contributed by atoms with Gasteiger partial charge in [0.05, 0.1) is 17.1 Å². The second-order valence-electron chi connectivity index (χ2n) is 4.54. The molecule has 1 aromatic heterocycles. The summed E-state index contributed by atoms with van der Waals surface area (Å²) in [5.41, 5.74) is 1.35. The second kappa shape index (κ2) is 5.44. The molecule has 0 saturated carbocycles. The number of anilines is 1. The van der Waals surface area contributed by atoms with Crippen molar-refractivity contribution in [1.82, 2.24) is 9.78 Å². The highest BCUT2D eigenvalue weighted by Crippen LogP contribution is 2.24. The van der Waals surface area contributed by atoms with E-state index >= 15 is 0 Å². The summed E-state index contributed by atoms with van der Waals surface area (Å²) in [6.45, 7) is 5.77. The molecule has 0 amide bonds. The number of rotatable bonds is 4. The maximum Gasteiger partial charge on any atom is 0.265 e. The van der Waals surface area contributed by atoms with Crippen LogP contribution in [0.1, 0.15) is 18.3 Å². The summed E-state index contributed by atoms with van der Waals surface area (Å²) in [5.74, 6) is -1.84. The highest BCUT2D eigenvalue weighted by atomic mass is 32.2. The first-order valence-corrected chi connectivity index (χ1v) is 7.76. The van der Waals surface area contributed by atoms with Gasteiger partial charge in [-0.25, -0.2) is 17.2 Å². The van der Waals surface area contributed by atoms with Crippen LogP contribution in [0.5, 0.6) is 0 Å². The molecule has 0 aliphatic heterocycles. The van der Waals surface area contributed by atoms with Gasteiger partial charge >= 0.3 is 0 Å². The van der Waals surface area contributed by atoms with Crippen molar-refractivity contribution in [3.63, 3.8) is 0 Å². The van der Waals surface area contributed by atoms with E-state index in [4.69, 9.17) is 0 Å². The van der Waals surface area contributed by atoms with Gasteiger partial charge in [-0.2, -0.15) is 5.10 Å². The van der Waals surface area contributed by atoms with E-state index in [9.17, 15) is 17.2 Å². The number of aromatic nitrogens is 2. The molecule has 0 aliphatic carbocycles. The number of aryl methyl sites for hydroxylation is 2. The van der Waals surface area contributed by atoms with Gasteiger partial charge in [0.15, 0.2) is 0 Å². The highest BCUT2D eigenvalue weighted by molar-refractivity contribution is 7.92. The third-order valence-corrected chi connectivity index (χ3v) is 4.46. The zero-order valence-electron chi connectivity index (χ0n) is 11.8. The average Bonchev–Trinajstić information content (AvgIpc) is 2.68. The van der Waals surface area contributed by atoms with Crippen LogP contribution < -0.4 is 4.72 Å². The van der Waals surface area contributed by atoms with Crippen molar-refractivity contribution in [1.29, 1.82) is 0 Å². The lowest BCUT2D eigenvalue weighted by atomic mass is 10.3. The number of hydrogen-bond acceptors (Lipinski definition) is 3. The minimum atomic E-state index is -4.22. The summed E-state index contributed by atoms with van der Waals surface area (Å²) in [4.78, 5) is -0.731. The maximum absolute atomic E-state index is 13.6. The minimum absolute atomic E-state index is 0.278. The summed E-state index contributed by atoms with van der Waals surface area (Å²) in [7, 11) is -4.22. The number of benzene rings is 1. The van der Waals surface area contributed by atoms with Gasteiger partial charge in [-0.3, -0.25) is 9.40 Å². The summed E-state index contributed by atoms with van der Waals surface area (Å²) < 4.78 is 55.1. The van der Waals surface area contributed by atoms with Crippen LogP contribution in [0.15, 0.2) is 23.1 Å². The predicted molar refractivity (Wildman–Crippen MR) is 74.5 cm³/mol. The van der Waals surface area contributed by atoms with Crippen LogP contribution in [0.4, 0.5) is 14.5 Å². The molecular weight excluding hydrogens is 300 g/mol. The molecule has 1 heterocycles. The molecule has 0 aliphatic rings. The van der Waals surface area contributed by atoms with E-state index in [1.54, 1.807) is 18.5 Å². The molecule has 1 N–H and O–H groups in total. The molecule has 0 spiro atoms. The van der Waals surface area contributed by atoms with Crippen molar-refractivity contribution in [3.05, 3.63) is 41.2 Å². The molecule has 21 heavy (non-hydrogen) atoms. The number of hydrogen-bond donors (Lipinski definition) is 1. The van der Waals surface area contributed by atoms with Gasteiger partial charge in [-0.15, -0.1) is 0 Å². The van der Waals surface area contributed by atoms with Crippen LogP contribution >= 0.6 is 0 Å². The molecule has 2 rings (SSSR count). The summed E-state index contributed by atoms with van der Waals surface area (Å²) >= 11 is 0. The molecule has 0 saturated heterocycles. The third kappa shape index (κ3) is 2.90. The Morgan fingerprint density at radius 1 is 1.29 bits per heavy atom. The Labute approximate surface area is 121 Å². The van der Waals surface area contributed by atoms with E-state index in [1.165, 1.54) is 0 Å². The van der Waals surface area contributed by atoms with Crippen LogP contribution in [0, 0.1) is 25.5 Å². The standard InChI is InChI=1S/C13H15F2N3O2S/c1-4-18-9(3)13(8(2)16-18)17-21(19,20)12-7-10(14)5-6-11(12)15/h5-7,17H,4H2,1-3H3. The average molecular weight is 315 g/mol. The van der Waals surface area contributed by atoms with Crippen LogP contribution in [0.3, 0.4) is 0 Å². The predicted octanol–water partition coefficient (Wildman–Crippen LogP) is 2.60. The van der Waals surface area contributed by atoms with E-state index in [1.807, 2.05) is 6.92 Å². The van der Waals surface area contributed by atoms with E-state index in [0.29, 0.717) is 24.0 Å². The molecule has 0 bridgehead atoms. The number of nitrogens with zero attached hydrogens (tertiary/aromatic N) is 2. The molecule has 0 unspecified atom stereocenters. The van der Waals surface area contributed by atoms with Crippen molar-refractivity contribution < 1.29 is 17.2 Å². The molecular formula is C13H15F2N3O2S. The number of sulfonamides is 1. The van der Waals surface area contributed by atoms with Gasteiger partial charge in [-0.1, -0.05) is 0 Å². The van der Waals surface area contributed by atoms with Gasteiger partial charge in [-0.05, 0) is 39.0 Å². The van der Waals surface area contributed by atoms with E-state index in [0.717, 1.165) is 12.1 Å². The lowest BCUT2D eigenvalue weighted by Gasteiger charge is -2.09. The van der Waals surface area contributed by atoms with Crippen LogP contribution in [0.2, 0.25) is 0 Å². The van der Waals surface area contributed by atoms with Crippen molar-refractivity contribution >= 4 is 15.7 Å². The molecule has 0 atom stereocenters. The van der Waals surface area contributed by atoms with E-state index < -0.39 is 26.6 Å². The third-order valence-electron chi connectivity index (χ3n) is 3.10. The molecule has 5 nitrogen and oxygen atoms in total. The summed E-state index contributed by atoms with van der Waals surface area (Å²) in [6, 6.07) is 2.28. The Morgan fingerprint density at radius 2 is 1.95 bits per heavy atom. The fraction of sp³-hybridized carbons (Fsp3) is 0.308. The van der Waals surface area contributed by atoms with Crippen molar-refractivity contribution in [2.24, 2.45) is 0 Å². The molecule has 114 valence electrons. The topological polar surface area (TPSA) is 64.0 Å². The van der Waals surface area contributed by atoms with Crippen LogP contribution in [-0.2, 0) is 16.6 Å². The quantitative estimate of drug-likeness (QED) is 0.943. The van der Waals surface area contributed by atoms with Crippen LogP contribution in [-0.4, -0.2) is 18.2 Å². The Hall–Kier alpha value is -1.96. The van der Waals surface area contributed by atoms with E-state index in [2.05, 4.69) is 9.82 Å². The highest BCUT2D eigenvalue weighted by Gasteiger charge is 2.23. The summed E-state index contributed by atoms with van der Waals surface area (Å²) in [6.07, 6.45) is 0. The van der Waals surface area contributed by atoms with Gasteiger partial charge in [0.2, 0.25) is 0 Å². The second-order valence-corrected chi connectivity index (χ2v) is 6.19. The maximum atomic E-state index is 13.6. The smallest absolute Gasteiger partial charge is 0.265 e. The first-order chi connectivity index (χ1) is 9.76. The van der Waals surface area contributed by atoms with Crippen molar-refractivity contribution in [2.45, 2.75) is 32.2 Å². The number of halogens is 2. The lowest BCUT2D eigenvalue weighted by molar-refractivity contribution is 0.555. The van der Waals surface area contributed by atoms with E-state index in [-0.39, 0.29) is 5.69 Å². The number of nitrogens with one attached hydrogen (secondary N) is 1. The Balaban J connectivity index is 2.47. The molecule has 8 heteroatoms. The van der Waals surface area contributed by atoms with Gasteiger partial charge in [0.25, 0.3) is 10.0 Å². The Bertz CT molecular complexity index is 785. The molecule has 1 aromatic carbocycles. The largest absolute Gasteiger partial charge is 0.276 e. The zero-order valence-corrected chi connectivity index (χ0v) is 12.6. The lowest BCUT2D eigenvalue weighted by Crippen LogP contribution is -2.16. The molecule has 0 fully saturated rings. The van der Waals surface area contributed by atoms with Gasteiger partial charge in [0.1, 0.15) is 16.5 Å². The Kier molecular flexibility index (Phi) is 3.99. The molecule has 2 aromatic rings. The SMILES string of the molecule is CCn1nc(C)c(NS(=O)(=O)c2cc(F)ccc2F)c1C. The fourth-order valence-corrected chi connectivity index (χ4v) is 3.29. The Morgan fingerprint density at radius 3 is 2.52 bits per heavy atom. The van der Waals surface area contributed by atoms with Gasteiger partial charge < -0.3 is 0 Å². The van der Waals surface area contributed by atoms with Gasteiger partial charge in [0, 0.05) is 6.54 Å². The monoisotopic (exact) mass is 315 g/mol.